The molecule has 1 aromatic heterocycles. The van der Waals surface area contributed by atoms with Crippen LogP contribution in [0.15, 0.2) is 109 Å². The molecule has 0 aliphatic heterocycles. The van der Waals surface area contributed by atoms with Gasteiger partial charge in [-0.2, -0.15) is 0 Å². The summed E-state index contributed by atoms with van der Waals surface area (Å²) in [6.45, 7) is 0. The van der Waals surface area contributed by atoms with E-state index in [0.29, 0.717) is 28.1 Å². The van der Waals surface area contributed by atoms with Crippen molar-refractivity contribution < 1.29 is 14.9 Å². The van der Waals surface area contributed by atoms with E-state index in [0.717, 1.165) is 16.5 Å². The predicted octanol–water partition coefficient (Wildman–Crippen LogP) is 5.54. The van der Waals surface area contributed by atoms with E-state index in [9.17, 15) is 10.2 Å². The lowest BCUT2D eigenvalue weighted by atomic mass is 9.80. The molecule has 1 atom stereocenters. The first-order valence-corrected chi connectivity index (χ1v) is 10.9. The summed E-state index contributed by atoms with van der Waals surface area (Å²) in [7, 11) is 1.62. The van der Waals surface area contributed by atoms with Gasteiger partial charge in [0.1, 0.15) is 11.9 Å². The van der Waals surface area contributed by atoms with Crippen molar-refractivity contribution in [3.05, 3.63) is 137 Å². The summed E-state index contributed by atoms with van der Waals surface area (Å²) in [6, 6.07) is 34.2. The number of rotatable bonds is 6. The lowest BCUT2D eigenvalue weighted by molar-refractivity contribution is 0.116. The number of H-pyrrole nitrogens is 1. The Morgan fingerprint density at radius 2 is 1.30 bits per heavy atom. The van der Waals surface area contributed by atoms with E-state index in [1.165, 1.54) is 0 Å². The normalized spacial score (nSPS) is 12.6. The number of aliphatic hydroxyl groups excluding tert-OH is 1. The van der Waals surface area contributed by atoms with Gasteiger partial charge in [-0.25, -0.2) is 0 Å². The zero-order valence-corrected chi connectivity index (χ0v) is 18.3. The van der Waals surface area contributed by atoms with Crippen LogP contribution in [0.5, 0.6) is 5.75 Å². The molecule has 0 saturated heterocycles. The third-order valence-corrected chi connectivity index (χ3v) is 6.18. The van der Waals surface area contributed by atoms with Crippen molar-refractivity contribution in [3.63, 3.8) is 0 Å². The molecule has 4 aromatic carbocycles. The molecule has 0 aliphatic rings. The minimum Gasteiger partial charge on any atom is -0.497 e. The second kappa shape index (κ2) is 8.58. The maximum atomic E-state index is 12.5. The number of hydrogen-bond donors (Lipinski definition) is 3. The molecule has 0 aliphatic carbocycles. The molecule has 0 radical (unpaired) electrons. The standard InChI is InChI=1S/C29H25NO3/c1-33-23-17-18-24-25(19-23)30-28(26(24)27(31)20-11-5-2-6-12-20)29(32,21-13-7-3-8-14-21)22-15-9-4-10-16-22/h2-19,27,30-32H,1H3. The van der Waals surface area contributed by atoms with Crippen LogP contribution in [-0.4, -0.2) is 22.3 Å². The Kier molecular flexibility index (Phi) is 5.47. The quantitative estimate of drug-likeness (QED) is 0.328. The minimum atomic E-state index is -1.51. The second-order valence-corrected chi connectivity index (χ2v) is 8.08. The molecule has 0 amide bonds. The van der Waals surface area contributed by atoms with Crippen LogP contribution in [0.3, 0.4) is 0 Å². The fourth-order valence-corrected chi connectivity index (χ4v) is 4.51. The van der Waals surface area contributed by atoms with Gasteiger partial charge in [0.15, 0.2) is 5.60 Å². The molecule has 0 bridgehead atoms. The molecule has 1 heterocycles. The summed E-state index contributed by atoms with van der Waals surface area (Å²) in [6.07, 6.45) is -0.942. The first-order chi connectivity index (χ1) is 16.1. The molecular weight excluding hydrogens is 410 g/mol. The van der Waals surface area contributed by atoms with Crippen LogP contribution >= 0.6 is 0 Å². The molecule has 4 heteroatoms. The Labute approximate surface area is 192 Å². The highest BCUT2D eigenvalue weighted by atomic mass is 16.5. The number of hydrogen-bond acceptors (Lipinski definition) is 3. The largest absolute Gasteiger partial charge is 0.497 e. The van der Waals surface area contributed by atoms with E-state index in [-0.39, 0.29) is 0 Å². The number of methoxy groups -OCH3 is 1. The summed E-state index contributed by atoms with van der Waals surface area (Å²) in [5, 5.41) is 24.9. The van der Waals surface area contributed by atoms with E-state index in [1.54, 1.807) is 7.11 Å². The Morgan fingerprint density at radius 3 is 1.85 bits per heavy atom. The van der Waals surface area contributed by atoms with Gasteiger partial charge in [0.2, 0.25) is 0 Å². The lowest BCUT2D eigenvalue weighted by Gasteiger charge is -2.31. The first-order valence-electron chi connectivity index (χ1n) is 10.9. The topological polar surface area (TPSA) is 65.5 Å². The monoisotopic (exact) mass is 435 g/mol. The van der Waals surface area contributed by atoms with Crippen molar-refractivity contribution in [1.29, 1.82) is 0 Å². The average molecular weight is 436 g/mol. The molecule has 164 valence electrons. The first kappa shape index (κ1) is 21.0. The van der Waals surface area contributed by atoms with Gasteiger partial charge in [-0.05, 0) is 28.8 Å². The molecule has 1 unspecified atom stereocenters. The summed E-state index contributed by atoms with van der Waals surface area (Å²) >= 11 is 0. The fourth-order valence-electron chi connectivity index (χ4n) is 4.51. The van der Waals surface area contributed by atoms with Crippen LogP contribution < -0.4 is 4.74 Å². The number of aliphatic hydroxyl groups is 2. The van der Waals surface area contributed by atoms with Gasteiger partial charge in [0.05, 0.1) is 12.8 Å². The molecule has 4 nitrogen and oxygen atoms in total. The van der Waals surface area contributed by atoms with Crippen LogP contribution in [0.2, 0.25) is 0 Å². The maximum absolute atomic E-state index is 12.5. The summed E-state index contributed by atoms with van der Waals surface area (Å²) < 4.78 is 5.43. The lowest BCUT2D eigenvalue weighted by Crippen LogP contribution is -2.31. The third kappa shape index (κ3) is 3.59. The van der Waals surface area contributed by atoms with Crippen LogP contribution in [0.1, 0.15) is 34.1 Å². The summed E-state index contributed by atoms with van der Waals surface area (Å²) in [5.74, 6) is 0.694. The Bertz CT molecular complexity index is 1320. The molecule has 0 fully saturated rings. The average Bonchev–Trinajstić information content (AvgIpc) is 3.28. The zero-order valence-electron chi connectivity index (χ0n) is 18.3. The maximum Gasteiger partial charge on any atom is 0.155 e. The number of nitrogens with one attached hydrogen (secondary N) is 1. The van der Waals surface area contributed by atoms with E-state index < -0.39 is 11.7 Å². The van der Waals surface area contributed by atoms with Gasteiger partial charge in [0, 0.05) is 22.5 Å². The van der Waals surface area contributed by atoms with Crippen molar-refractivity contribution in [1.82, 2.24) is 4.98 Å². The van der Waals surface area contributed by atoms with Gasteiger partial charge in [0.25, 0.3) is 0 Å². The molecule has 33 heavy (non-hydrogen) atoms. The van der Waals surface area contributed by atoms with Crippen molar-refractivity contribution in [2.45, 2.75) is 11.7 Å². The van der Waals surface area contributed by atoms with E-state index >= 15 is 0 Å². The molecule has 0 spiro atoms. The van der Waals surface area contributed by atoms with E-state index in [1.807, 2.05) is 109 Å². The highest BCUT2D eigenvalue weighted by Crippen LogP contribution is 2.44. The van der Waals surface area contributed by atoms with Gasteiger partial charge in [-0.15, -0.1) is 0 Å². The number of aromatic nitrogens is 1. The van der Waals surface area contributed by atoms with Crippen LogP contribution in [-0.2, 0) is 5.60 Å². The molecule has 3 N–H and O–H groups in total. The summed E-state index contributed by atoms with van der Waals surface area (Å²) in [5.41, 5.74) is 2.58. The van der Waals surface area contributed by atoms with Crippen molar-refractivity contribution in [2.75, 3.05) is 7.11 Å². The zero-order chi connectivity index (χ0) is 22.8. The minimum absolute atomic E-state index is 0.527. The molecular formula is C29H25NO3. The molecule has 0 saturated carbocycles. The van der Waals surface area contributed by atoms with E-state index in [4.69, 9.17) is 4.74 Å². The Balaban J connectivity index is 1.85. The van der Waals surface area contributed by atoms with Crippen LogP contribution in [0.25, 0.3) is 10.9 Å². The summed E-state index contributed by atoms with van der Waals surface area (Å²) in [4.78, 5) is 3.44. The fraction of sp³-hybridized carbons (Fsp3) is 0.103. The highest BCUT2D eigenvalue weighted by molar-refractivity contribution is 5.87. The van der Waals surface area contributed by atoms with Crippen molar-refractivity contribution in [3.8, 4) is 5.75 Å². The van der Waals surface area contributed by atoms with Crippen LogP contribution in [0.4, 0.5) is 0 Å². The molecule has 5 aromatic rings. The number of ether oxygens (including phenoxy) is 1. The number of fused-ring (bicyclic) bond motifs is 1. The number of benzene rings is 4. The van der Waals surface area contributed by atoms with Gasteiger partial charge in [-0.3, -0.25) is 0 Å². The highest BCUT2D eigenvalue weighted by Gasteiger charge is 2.39. The van der Waals surface area contributed by atoms with Crippen molar-refractivity contribution in [2.24, 2.45) is 0 Å². The molecule has 5 rings (SSSR count). The van der Waals surface area contributed by atoms with Gasteiger partial charge >= 0.3 is 0 Å². The van der Waals surface area contributed by atoms with Gasteiger partial charge in [-0.1, -0.05) is 91.0 Å². The Hall–Kier alpha value is -3.86. The van der Waals surface area contributed by atoms with Crippen LogP contribution in [0, 0.1) is 0 Å². The Morgan fingerprint density at radius 1 is 0.758 bits per heavy atom. The smallest absolute Gasteiger partial charge is 0.155 e. The van der Waals surface area contributed by atoms with E-state index in [2.05, 4.69) is 4.98 Å². The second-order valence-electron chi connectivity index (χ2n) is 8.08. The third-order valence-electron chi connectivity index (χ3n) is 6.18. The predicted molar refractivity (Wildman–Crippen MR) is 130 cm³/mol. The van der Waals surface area contributed by atoms with Crippen molar-refractivity contribution >= 4 is 10.9 Å². The SMILES string of the molecule is COc1ccc2c(C(O)c3ccccc3)c(C(O)(c3ccccc3)c3ccccc3)[nH]c2c1. The van der Waals surface area contributed by atoms with Gasteiger partial charge < -0.3 is 19.9 Å². The number of aromatic amines is 1.